The predicted molar refractivity (Wildman–Crippen MR) is 103 cm³/mol. The van der Waals surface area contributed by atoms with Crippen LogP contribution in [0.25, 0.3) is 11.4 Å². The number of benzene rings is 1. The van der Waals surface area contributed by atoms with Crippen molar-refractivity contribution >= 4 is 5.91 Å². The highest BCUT2D eigenvalue weighted by atomic mass is 16.2. The number of aromatic amines is 1. The largest absolute Gasteiger partial charge is 0.342 e. The molecule has 1 aromatic carbocycles. The Kier molecular flexibility index (Phi) is 5.49. The molecule has 0 fully saturated rings. The minimum absolute atomic E-state index is 0.0123. The van der Waals surface area contributed by atoms with Gasteiger partial charge in [-0.2, -0.15) is 0 Å². The van der Waals surface area contributed by atoms with Crippen LogP contribution in [0.15, 0.2) is 47.7 Å². The Bertz CT molecular complexity index is 1010. The van der Waals surface area contributed by atoms with E-state index in [1.165, 1.54) is 6.20 Å². The van der Waals surface area contributed by atoms with Crippen LogP contribution in [0.4, 0.5) is 0 Å². The van der Waals surface area contributed by atoms with Gasteiger partial charge in [0.05, 0.1) is 6.04 Å². The molecule has 0 aliphatic carbocycles. The molecule has 0 bridgehead atoms. The van der Waals surface area contributed by atoms with Crippen molar-refractivity contribution in [2.45, 2.75) is 32.7 Å². The van der Waals surface area contributed by atoms with Crippen LogP contribution in [-0.2, 0) is 7.05 Å². The third-order valence-corrected chi connectivity index (χ3v) is 4.39. The number of imidazole rings is 1. The van der Waals surface area contributed by atoms with Crippen molar-refractivity contribution in [2.24, 2.45) is 7.05 Å². The molecule has 140 valence electrons. The number of nitrogens with zero attached hydrogens (tertiary/aromatic N) is 3. The fourth-order valence-electron chi connectivity index (χ4n) is 3.00. The standard InChI is InChI=1S/C20H23N5O2/c1-4-6-16(18-21-9-10-25(18)3)23-19(26)15-12-22-17(24-20(15)27)14-8-5-7-13(2)11-14/h5,7-12,16H,4,6H2,1-3H3,(H,23,26)(H,22,24,27). The Balaban J connectivity index is 1.84. The Morgan fingerprint density at radius 1 is 1.33 bits per heavy atom. The molecule has 1 unspecified atom stereocenters. The summed E-state index contributed by atoms with van der Waals surface area (Å²) >= 11 is 0. The van der Waals surface area contributed by atoms with Gasteiger partial charge in [0, 0.05) is 31.2 Å². The molecule has 1 atom stereocenters. The molecule has 2 N–H and O–H groups in total. The van der Waals surface area contributed by atoms with E-state index in [9.17, 15) is 9.59 Å². The van der Waals surface area contributed by atoms with E-state index in [-0.39, 0.29) is 11.6 Å². The lowest BCUT2D eigenvalue weighted by Gasteiger charge is -2.17. The van der Waals surface area contributed by atoms with Crippen LogP contribution in [0.1, 0.15) is 47.6 Å². The van der Waals surface area contributed by atoms with Gasteiger partial charge in [-0.25, -0.2) is 9.97 Å². The fraction of sp³-hybridized carbons (Fsp3) is 0.300. The van der Waals surface area contributed by atoms with Crippen LogP contribution in [0.3, 0.4) is 0 Å². The van der Waals surface area contributed by atoms with Crippen molar-refractivity contribution in [3.05, 3.63) is 70.2 Å². The fourth-order valence-corrected chi connectivity index (χ4v) is 3.00. The Morgan fingerprint density at radius 3 is 2.78 bits per heavy atom. The van der Waals surface area contributed by atoms with Crippen LogP contribution < -0.4 is 10.9 Å². The number of aromatic nitrogens is 4. The molecule has 2 aromatic heterocycles. The zero-order chi connectivity index (χ0) is 19.4. The average molecular weight is 365 g/mol. The van der Waals surface area contributed by atoms with Gasteiger partial charge in [0.2, 0.25) is 0 Å². The Hall–Kier alpha value is -3.22. The van der Waals surface area contributed by atoms with Gasteiger partial charge in [-0.3, -0.25) is 9.59 Å². The van der Waals surface area contributed by atoms with E-state index in [0.717, 1.165) is 29.8 Å². The summed E-state index contributed by atoms with van der Waals surface area (Å²) in [6.45, 7) is 4.00. The van der Waals surface area contributed by atoms with Crippen molar-refractivity contribution in [3.8, 4) is 11.4 Å². The molecule has 7 nitrogen and oxygen atoms in total. The average Bonchev–Trinajstić information content (AvgIpc) is 3.07. The first-order valence-corrected chi connectivity index (χ1v) is 8.94. The summed E-state index contributed by atoms with van der Waals surface area (Å²) in [7, 11) is 1.88. The first-order chi connectivity index (χ1) is 13.0. The lowest BCUT2D eigenvalue weighted by atomic mass is 10.1. The van der Waals surface area contributed by atoms with Gasteiger partial charge in [0.1, 0.15) is 17.2 Å². The number of nitrogens with one attached hydrogen (secondary N) is 2. The van der Waals surface area contributed by atoms with Crippen LogP contribution >= 0.6 is 0 Å². The van der Waals surface area contributed by atoms with Crippen molar-refractivity contribution in [3.63, 3.8) is 0 Å². The number of rotatable bonds is 6. The van der Waals surface area contributed by atoms with E-state index in [1.54, 1.807) is 6.20 Å². The lowest BCUT2D eigenvalue weighted by molar-refractivity contribution is 0.0930. The third-order valence-electron chi connectivity index (χ3n) is 4.39. The van der Waals surface area contributed by atoms with E-state index >= 15 is 0 Å². The minimum atomic E-state index is -0.464. The number of H-pyrrole nitrogens is 1. The zero-order valence-electron chi connectivity index (χ0n) is 15.7. The summed E-state index contributed by atoms with van der Waals surface area (Å²) in [6, 6.07) is 7.39. The van der Waals surface area contributed by atoms with Crippen LogP contribution in [0.2, 0.25) is 0 Å². The molecule has 3 aromatic rings. The number of carbonyl (C=O) groups is 1. The number of aryl methyl sites for hydroxylation is 2. The summed E-state index contributed by atoms with van der Waals surface area (Å²) in [6.07, 6.45) is 6.44. The molecular weight excluding hydrogens is 342 g/mol. The minimum Gasteiger partial charge on any atom is -0.342 e. The van der Waals surface area contributed by atoms with E-state index in [0.29, 0.717) is 5.82 Å². The van der Waals surface area contributed by atoms with Crippen molar-refractivity contribution in [1.82, 2.24) is 24.8 Å². The molecule has 2 heterocycles. The summed E-state index contributed by atoms with van der Waals surface area (Å²) in [5, 5.41) is 2.90. The molecule has 0 saturated heterocycles. The van der Waals surface area contributed by atoms with Gasteiger partial charge in [0.15, 0.2) is 0 Å². The van der Waals surface area contributed by atoms with Gasteiger partial charge in [-0.1, -0.05) is 37.1 Å². The highest BCUT2D eigenvalue weighted by molar-refractivity contribution is 5.93. The summed E-state index contributed by atoms with van der Waals surface area (Å²) < 4.78 is 1.87. The van der Waals surface area contributed by atoms with Crippen molar-refractivity contribution < 1.29 is 4.79 Å². The molecule has 0 saturated carbocycles. The van der Waals surface area contributed by atoms with Gasteiger partial charge >= 0.3 is 0 Å². The number of carbonyl (C=O) groups excluding carboxylic acids is 1. The van der Waals surface area contributed by atoms with E-state index in [2.05, 4.69) is 20.3 Å². The van der Waals surface area contributed by atoms with Crippen LogP contribution in [0.5, 0.6) is 0 Å². The molecule has 0 aliphatic heterocycles. The van der Waals surface area contributed by atoms with Crippen molar-refractivity contribution in [2.75, 3.05) is 0 Å². The highest BCUT2D eigenvalue weighted by Crippen LogP contribution is 2.17. The molecule has 0 aliphatic rings. The monoisotopic (exact) mass is 365 g/mol. The first kappa shape index (κ1) is 18.6. The lowest BCUT2D eigenvalue weighted by Crippen LogP contribution is -2.34. The van der Waals surface area contributed by atoms with Crippen LogP contribution in [-0.4, -0.2) is 25.4 Å². The van der Waals surface area contributed by atoms with Gasteiger partial charge in [-0.05, 0) is 19.4 Å². The van der Waals surface area contributed by atoms with Crippen LogP contribution in [0, 0.1) is 6.92 Å². The molecule has 0 radical (unpaired) electrons. The smallest absolute Gasteiger partial charge is 0.264 e. The second-order valence-corrected chi connectivity index (χ2v) is 6.56. The second-order valence-electron chi connectivity index (χ2n) is 6.56. The predicted octanol–water partition coefficient (Wildman–Crippen LogP) is 2.75. The summed E-state index contributed by atoms with van der Waals surface area (Å²) in [4.78, 5) is 36.4. The summed E-state index contributed by atoms with van der Waals surface area (Å²) in [5.41, 5.74) is 1.39. The van der Waals surface area contributed by atoms with E-state index in [4.69, 9.17) is 0 Å². The van der Waals surface area contributed by atoms with E-state index in [1.807, 2.05) is 55.9 Å². The molecule has 27 heavy (non-hydrogen) atoms. The van der Waals surface area contributed by atoms with Crippen molar-refractivity contribution in [1.29, 1.82) is 0 Å². The molecule has 1 amide bonds. The molecule has 3 rings (SSSR count). The molecule has 0 spiro atoms. The quantitative estimate of drug-likeness (QED) is 0.702. The van der Waals surface area contributed by atoms with Gasteiger partial charge < -0.3 is 14.9 Å². The number of hydrogen-bond donors (Lipinski definition) is 2. The maximum absolute atomic E-state index is 12.7. The Morgan fingerprint density at radius 2 is 2.15 bits per heavy atom. The highest BCUT2D eigenvalue weighted by Gasteiger charge is 2.20. The molecular formula is C20H23N5O2. The second kappa shape index (κ2) is 7.99. The third kappa shape index (κ3) is 4.13. The van der Waals surface area contributed by atoms with Gasteiger partial charge in [-0.15, -0.1) is 0 Å². The summed E-state index contributed by atoms with van der Waals surface area (Å²) in [5.74, 6) is 0.737. The zero-order valence-corrected chi connectivity index (χ0v) is 15.7. The molecule has 7 heteroatoms. The maximum Gasteiger partial charge on any atom is 0.264 e. The normalized spacial score (nSPS) is 12.0. The topological polar surface area (TPSA) is 92.7 Å². The number of hydrogen-bond acceptors (Lipinski definition) is 4. The van der Waals surface area contributed by atoms with Gasteiger partial charge in [0.25, 0.3) is 11.5 Å². The Labute approximate surface area is 157 Å². The van der Waals surface area contributed by atoms with E-state index < -0.39 is 11.5 Å². The first-order valence-electron chi connectivity index (χ1n) is 8.94. The maximum atomic E-state index is 12.7. The number of amides is 1. The SMILES string of the molecule is CCCC(NC(=O)c1cnc(-c2cccc(C)c2)[nH]c1=O)c1nccn1C.